The van der Waals surface area contributed by atoms with Gasteiger partial charge in [-0.1, -0.05) is 12.8 Å². The molecule has 0 aromatic carbocycles. The molecule has 0 bridgehead atoms. The Bertz CT molecular complexity index is 227. The maximum absolute atomic E-state index is 10.1. The highest BCUT2D eigenvalue weighted by Gasteiger charge is 2.38. The van der Waals surface area contributed by atoms with Crippen LogP contribution >= 0.6 is 0 Å². The second-order valence-corrected chi connectivity index (χ2v) is 5.30. The molecular formula is C14H29NO4. The summed E-state index contributed by atoms with van der Waals surface area (Å²) >= 11 is 0. The molecule has 1 fully saturated rings. The minimum Gasteiger partial charge on any atom is -0.392 e. The van der Waals surface area contributed by atoms with Crippen LogP contribution in [0.4, 0.5) is 0 Å². The van der Waals surface area contributed by atoms with E-state index in [1.165, 1.54) is 0 Å². The Balaban J connectivity index is 2.09. The van der Waals surface area contributed by atoms with Gasteiger partial charge in [-0.2, -0.15) is 0 Å². The topological polar surface area (TPSA) is 73.9 Å². The molecular weight excluding hydrogens is 246 g/mol. The maximum atomic E-state index is 10.1. The molecule has 0 saturated heterocycles. The summed E-state index contributed by atoms with van der Waals surface area (Å²) in [5, 5.41) is 10.1. The Kier molecular flexibility index (Phi) is 8.57. The van der Waals surface area contributed by atoms with E-state index in [4.69, 9.17) is 19.9 Å². The minimum atomic E-state index is -0.271. The van der Waals surface area contributed by atoms with Crippen molar-refractivity contribution in [3.8, 4) is 0 Å². The highest BCUT2D eigenvalue weighted by molar-refractivity contribution is 4.90. The quantitative estimate of drug-likeness (QED) is 0.580. The van der Waals surface area contributed by atoms with Gasteiger partial charge in [0.15, 0.2) is 0 Å². The molecule has 0 spiro atoms. The molecule has 1 saturated carbocycles. The van der Waals surface area contributed by atoms with Crippen molar-refractivity contribution in [1.82, 2.24) is 0 Å². The van der Waals surface area contributed by atoms with Gasteiger partial charge in [-0.05, 0) is 19.3 Å². The number of nitrogens with two attached hydrogens (primary N) is 1. The normalized spacial score (nSPS) is 27.6. The number of ether oxygens (including phenoxy) is 3. The number of aliphatic hydroxyl groups is 1. The van der Waals surface area contributed by atoms with Gasteiger partial charge in [0.05, 0.1) is 32.5 Å². The lowest BCUT2D eigenvalue weighted by Gasteiger charge is -2.40. The Morgan fingerprint density at radius 2 is 1.79 bits per heavy atom. The van der Waals surface area contributed by atoms with Gasteiger partial charge < -0.3 is 25.1 Å². The minimum absolute atomic E-state index is 0.130. The smallest absolute Gasteiger partial charge is 0.0701 e. The molecule has 0 aliphatic heterocycles. The molecule has 2 unspecified atom stereocenters. The van der Waals surface area contributed by atoms with E-state index in [9.17, 15) is 5.11 Å². The zero-order valence-corrected chi connectivity index (χ0v) is 12.1. The Morgan fingerprint density at radius 3 is 2.42 bits per heavy atom. The summed E-state index contributed by atoms with van der Waals surface area (Å²) in [6.07, 6.45) is 4.72. The first kappa shape index (κ1) is 16.9. The molecule has 3 N–H and O–H groups in total. The van der Waals surface area contributed by atoms with Crippen LogP contribution in [0.1, 0.15) is 32.1 Å². The Labute approximate surface area is 116 Å². The van der Waals surface area contributed by atoms with Crippen molar-refractivity contribution in [1.29, 1.82) is 0 Å². The maximum Gasteiger partial charge on any atom is 0.0701 e. The predicted octanol–water partition coefficient (Wildman–Crippen LogP) is 0.936. The first-order chi connectivity index (χ1) is 9.25. The van der Waals surface area contributed by atoms with Crippen LogP contribution in [0, 0.1) is 5.41 Å². The number of methoxy groups -OCH3 is 1. The second-order valence-electron chi connectivity index (χ2n) is 5.30. The fraction of sp³-hybridized carbons (Fsp3) is 1.00. The highest BCUT2D eigenvalue weighted by Crippen LogP contribution is 2.38. The monoisotopic (exact) mass is 275 g/mol. The lowest BCUT2D eigenvalue weighted by Crippen LogP contribution is -2.45. The molecule has 0 aromatic heterocycles. The largest absolute Gasteiger partial charge is 0.392 e. The number of rotatable bonds is 10. The van der Waals surface area contributed by atoms with Gasteiger partial charge in [-0.25, -0.2) is 0 Å². The molecule has 1 aliphatic carbocycles. The van der Waals surface area contributed by atoms with Crippen molar-refractivity contribution in [2.45, 2.75) is 38.2 Å². The SMILES string of the molecule is COCCOCCOCCC1(CN)CCCCC1O. The summed E-state index contributed by atoms with van der Waals surface area (Å²) < 4.78 is 15.8. The van der Waals surface area contributed by atoms with E-state index in [2.05, 4.69) is 0 Å². The van der Waals surface area contributed by atoms with E-state index in [-0.39, 0.29) is 11.5 Å². The van der Waals surface area contributed by atoms with Crippen LogP contribution in [0.15, 0.2) is 0 Å². The third-order valence-corrected chi connectivity index (χ3v) is 4.06. The summed E-state index contributed by atoms with van der Waals surface area (Å²) in [7, 11) is 1.65. The van der Waals surface area contributed by atoms with E-state index >= 15 is 0 Å². The lowest BCUT2D eigenvalue weighted by atomic mass is 9.70. The van der Waals surface area contributed by atoms with E-state index < -0.39 is 0 Å². The van der Waals surface area contributed by atoms with Gasteiger partial charge in [-0.3, -0.25) is 0 Å². The average Bonchev–Trinajstić information content (AvgIpc) is 2.44. The van der Waals surface area contributed by atoms with Crippen LogP contribution in [0.5, 0.6) is 0 Å². The molecule has 19 heavy (non-hydrogen) atoms. The van der Waals surface area contributed by atoms with Gasteiger partial charge in [-0.15, -0.1) is 0 Å². The van der Waals surface area contributed by atoms with Gasteiger partial charge in [0.25, 0.3) is 0 Å². The van der Waals surface area contributed by atoms with E-state index in [1.807, 2.05) is 0 Å². The van der Waals surface area contributed by atoms with Crippen molar-refractivity contribution in [2.75, 3.05) is 46.7 Å². The molecule has 0 radical (unpaired) electrons. The highest BCUT2D eigenvalue weighted by atomic mass is 16.5. The third kappa shape index (κ3) is 5.75. The summed E-state index contributed by atoms with van der Waals surface area (Å²) in [5.74, 6) is 0. The molecule has 5 nitrogen and oxygen atoms in total. The van der Waals surface area contributed by atoms with Crippen LogP contribution < -0.4 is 5.73 Å². The summed E-state index contributed by atoms with van der Waals surface area (Å²) in [4.78, 5) is 0. The summed E-state index contributed by atoms with van der Waals surface area (Å²) in [6.45, 7) is 3.57. The fourth-order valence-corrected chi connectivity index (χ4v) is 2.66. The Hall–Kier alpha value is -0.200. The first-order valence-electron chi connectivity index (χ1n) is 7.28. The second kappa shape index (κ2) is 9.66. The van der Waals surface area contributed by atoms with Crippen molar-refractivity contribution in [3.05, 3.63) is 0 Å². The number of aliphatic hydroxyl groups excluding tert-OH is 1. The van der Waals surface area contributed by atoms with Crippen LogP contribution in [0.25, 0.3) is 0 Å². The van der Waals surface area contributed by atoms with E-state index in [0.29, 0.717) is 39.6 Å². The van der Waals surface area contributed by atoms with Crippen molar-refractivity contribution in [2.24, 2.45) is 11.1 Å². The summed E-state index contributed by atoms with van der Waals surface area (Å²) in [5.41, 5.74) is 5.74. The zero-order valence-electron chi connectivity index (χ0n) is 12.1. The van der Waals surface area contributed by atoms with E-state index in [0.717, 1.165) is 32.1 Å². The van der Waals surface area contributed by atoms with Crippen LogP contribution in [0.3, 0.4) is 0 Å². The van der Waals surface area contributed by atoms with Gasteiger partial charge in [0, 0.05) is 25.7 Å². The van der Waals surface area contributed by atoms with Crippen molar-refractivity contribution < 1.29 is 19.3 Å². The third-order valence-electron chi connectivity index (χ3n) is 4.06. The van der Waals surface area contributed by atoms with Crippen molar-refractivity contribution in [3.63, 3.8) is 0 Å². The zero-order chi connectivity index (χ0) is 14.0. The lowest BCUT2D eigenvalue weighted by molar-refractivity contribution is -0.0365. The van der Waals surface area contributed by atoms with E-state index in [1.54, 1.807) is 7.11 Å². The van der Waals surface area contributed by atoms with Crippen LogP contribution in [-0.2, 0) is 14.2 Å². The molecule has 5 heteroatoms. The standard InChI is InChI=1S/C14H29NO4/c1-17-8-9-19-11-10-18-7-6-14(12-15)5-3-2-4-13(14)16/h13,16H,2-12,15H2,1H3. The first-order valence-corrected chi connectivity index (χ1v) is 7.28. The van der Waals surface area contributed by atoms with Crippen LogP contribution in [0.2, 0.25) is 0 Å². The summed E-state index contributed by atoms with van der Waals surface area (Å²) in [6, 6.07) is 0. The van der Waals surface area contributed by atoms with Gasteiger partial charge >= 0.3 is 0 Å². The Morgan fingerprint density at radius 1 is 1.11 bits per heavy atom. The van der Waals surface area contributed by atoms with Crippen molar-refractivity contribution >= 4 is 0 Å². The van der Waals surface area contributed by atoms with Gasteiger partial charge in [0.2, 0.25) is 0 Å². The molecule has 0 amide bonds. The molecule has 1 rings (SSSR count). The molecule has 114 valence electrons. The molecule has 1 aliphatic rings. The number of hydrogen-bond acceptors (Lipinski definition) is 5. The van der Waals surface area contributed by atoms with Gasteiger partial charge in [0.1, 0.15) is 0 Å². The average molecular weight is 275 g/mol. The predicted molar refractivity (Wildman–Crippen MR) is 74.1 cm³/mol. The molecule has 0 aromatic rings. The number of hydrogen-bond donors (Lipinski definition) is 2. The molecule has 2 atom stereocenters. The van der Waals surface area contributed by atoms with Crippen LogP contribution in [-0.4, -0.2) is 57.9 Å². The molecule has 0 heterocycles. The fourth-order valence-electron chi connectivity index (χ4n) is 2.66.